The van der Waals surface area contributed by atoms with Crippen molar-refractivity contribution in [2.45, 2.75) is 11.8 Å². The molecule has 3 aromatic carbocycles. The van der Waals surface area contributed by atoms with Gasteiger partial charge in [0.1, 0.15) is 0 Å². The van der Waals surface area contributed by atoms with Crippen LogP contribution in [0.25, 0.3) is 11.0 Å². The van der Waals surface area contributed by atoms with Crippen molar-refractivity contribution in [2.24, 2.45) is 0 Å². The Morgan fingerprint density at radius 2 is 1.47 bits per heavy atom. The van der Waals surface area contributed by atoms with Gasteiger partial charge in [-0.3, -0.25) is 4.72 Å². The van der Waals surface area contributed by atoms with E-state index < -0.39 is 10.0 Å². The second-order valence-electron chi connectivity index (χ2n) is 6.58. The lowest BCUT2D eigenvalue weighted by atomic mass is 10.2. The molecule has 0 saturated heterocycles. The van der Waals surface area contributed by atoms with Gasteiger partial charge in [0, 0.05) is 5.02 Å². The van der Waals surface area contributed by atoms with Crippen LogP contribution in [0.2, 0.25) is 10.0 Å². The Hall–Kier alpha value is -2.87. The molecule has 9 heteroatoms. The van der Waals surface area contributed by atoms with Gasteiger partial charge in [0.25, 0.3) is 10.0 Å². The van der Waals surface area contributed by atoms with Crippen molar-refractivity contribution in [1.29, 1.82) is 0 Å². The highest BCUT2D eigenvalue weighted by molar-refractivity contribution is 7.92. The second-order valence-corrected chi connectivity index (χ2v) is 9.10. The number of sulfonamides is 1. The largest absolute Gasteiger partial charge is 0.336 e. The number of nitrogens with zero attached hydrogens (tertiary/aromatic N) is 2. The third-order valence-electron chi connectivity index (χ3n) is 4.31. The molecular formula is C21H16Cl2N4O2S. The summed E-state index contributed by atoms with van der Waals surface area (Å²) in [7, 11) is -3.88. The van der Waals surface area contributed by atoms with Crippen LogP contribution in [0, 0.1) is 6.92 Å². The fourth-order valence-corrected chi connectivity index (χ4v) is 4.13. The Morgan fingerprint density at radius 1 is 0.833 bits per heavy atom. The lowest BCUT2D eigenvalue weighted by Crippen LogP contribution is -2.16. The molecule has 0 aliphatic heterocycles. The van der Waals surface area contributed by atoms with Crippen molar-refractivity contribution in [1.82, 2.24) is 9.97 Å². The molecule has 152 valence electrons. The molecule has 0 unspecified atom stereocenters. The molecule has 0 spiro atoms. The van der Waals surface area contributed by atoms with E-state index in [1.54, 1.807) is 48.5 Å². The zero-order valence-corrected chi connectivity index (χ0v) is 18.1. The van der Waals surface area contributed by atoms with Crippen LogP contribution >= 0.6 is 23.2 Å². The molecule has 1 aromatic heterocycles. The zero-order chi connectivity index (χ0) is 21.3. The lowest BCUT2D eigenvalue weighted by Gasteiger charge is -2.15. The average molecular weight is 459 g/mol. The summed E-state index contributed by atoms with van der Waals surface area (Å²) in [6.07, 6.45) is 0. The number of aryl methyl sites for hydroxylation is 1. The second kappa shape index (κ2) is 8.10. The molecule has 0 saturated carbocycles. The monoisotopic (exact) mass is 458 g/mol. The molecule has 0 fully saturated rings. The molecule has 0 aliphatic rings. The molecule has 4 aromatic rings. The topological polar surface area (TPSA) is 84.0 Å². The summed E-state index contributed by atoms with van der Waals surface area (Å²) in [6, 6.07) is 18.6. The molecule has 0 aliphatic carbocycles. The maximum atomic E-state index is 12.9. The van der Waals surface area contributed by atoms with Crippen LogP contribution in [0.15, 0.2) is 71.6 Å². The summed E-state index contributed by atoms with van der Waals surface area (Å²) in [5.74, 6) is 0.249. The Morgan fingerprint density at radius 3 is 2.13 bits per heavy atom. The highest BCUT2D eigenvalue weighted by Gasteiger charge is 2.19. The number of halogens is 2. The van der Waals surface area contributed by atoms with Crippen molar-refractivity contribution in [3.63, 3.8) is 0 Å². The molecule has 30 heavy (non-hydrogen) atoms. The summed E-state index contributed by atoms with van der Waals surface area (Å²) in [6.45, 7) is 1.88. The minimum atomic E-state index is -3.88. The van der Waals surface area contributed by atoms with Gasteiger partial charge in [-0.2, -0.15) is 0 Å². The van der Waals surface area contributed by atoms with Crippen LogP contribution in [0.5, 0.6) is 0 Å². The summed E-state index contributed by atoms with van der Waals surface area (Å²) in [5.41, 5.74) is 2.57. The number of hydrogen-bond donors (Lipinski definition) is 2. The maximum Gasteiger partial charge on any atom is 0.263 e. The van der Waals surface area contributed by atoms with E-state index in [9.17, 15) is 8.42 Å². The van der Waals surface area contributed by atoms with E-state index in [1.165, 1.54) is 12.1 Å². The Kier molecular flexibility index (Phi) is 5.51. The van der Waals surface area contributed by atoms with Gasteiger partial charge in [-0.1, -0.05) is 53.0 Å². The molecule has 0 amide bonds. The number of fused-ring (bicyclic) bond motifs is 1. The smallest absolute Gasteiger partial charge is 0.263 e. The Balaban J connectivity index is 1.80. The van der Waals surface area contributed by atoms with E-state index in [0.717, 1.165) is 5.56 Å². The van der Waals surface area contributed by atoms with Crippen LogP contribution in [0.1, 0.15) is 5.56 Å². The molecular weight excluding hydrogens is 443 g/mol. The highest BCUT2D eigenvalue weighted by Crippen LogP contribution is 2.32. The maximum absolute atomic E-state index is 12.9. The number of nitrogens with one attached hydrogen (secondary N) is 2. The average Bonchev–Trinajstić information content (AvgIpc) is 2.71. The van der Waals surface area contributed by atoms with Crippen molar-refractivity contribution in [3.05, 3.63) is 82.3 Å². The molecule has 0 bridgehead atoms. The normalized spacial score (nSPS) is 11.4. The number of para-hydroxylation sites is 2. The first kappa shape index (κ1) is 20.4. The Labute approximate surface area is 183 Å². The van der Waals surface area contributed by atoms with Crippen LogP contribution in [0.4, 0.5) is 17.3 Å². The van der Waals surface area contributed by atoms with Gasteiger partial charge in [-0.25, -0.2) is 18.4 Å². The predicted molar refractivity (Wildman–Crippen MR) is 121 cm³/mol. The molecule has 4 rings (SSSR count). The predicted octanol–water partition coefficient (Wildman–Crippen LogP) is 5.79. The minimum absolute atomic E-state index is 0.0466. The summed E-state index contributed by atoms with van der Waals surface area (Å²) in [4.78, 5) is 9.11. The van der Waals surface area contributed by atoms with E-state index in [2.05, 4.69) is 20.0 Å². The van der Waals surface area contributed by atoms with E-state index in [4.69, 9.17) is 23.2 Å². The van der Waals surface area contributed by atoms with Crippen molar-refractivity contribution < 1.29 is 8.42 Å². The van der Waals surface area contributed by atoms with Gasteiger partial charge in [-0.15, -0.1) is 0 Å². The van der Waals surface area contributed by atoms with Crippen LogP contribution < -0.4 is 10.0 Å². The summed E-state index contributed by atoms with van der Waals surface area (Å²) < 4.78 is 28.4. The number of anilines is 3. The van der Waals surface area contributed by atoms with E-state index in [-0.39, 0.29) is 16.5 Å². The minimum Gasteiger partial charge on any atom is -0.336 e. The van der Waals surface area contributed by atoms with Gasteiger partial charge in [0.2, 0.25) is 0 Å². The third kappa shape index (κ3) is 4.33. The number of rotatable bonds is 5. The fourth-order valence-electron chi connectivity index (χ4n) is 2.78. The lowest BCUT2D eigenvalue weighted by molar-refractivity contribution is 0.601. The SMILES string of the molecule is Cc1ccc(S(=O)(=O)Nc2nc3ccccc3nc2Nc2cc(Cl)ccc2Cl)cc1. The highest BCUT2D eigenvalue weighted by atomic mass is 35.5. The van der Waals surface area contributed by atoms with Crippen molar-refractivity contribution in [3.8, 4) is 0 Å². The van der Waals surface area contributed by atoms with E-state index in [1.807, 2.05) is 13.0 Å². The first-order valence-corrected chi connectivity index (χ1v) is 11.1. The fraction of sp³-hybridized carbons (Fsp3) is 0.0476. The molecule has 0 radical (unpaired) electrons. The number of hydrogen-bond acceptors (Lipinski definition) is 5. The Bertz CT molecular complexity index is 1340. The first-order chi connectivity index (χ1) is 14.3. The number of benzene rings is 3. The standard InChI is InChI=1S/C21H16Cl2N4O2S/c1-13-6-9-15(10-7-13)30(28,29)27-21-20(24-17-4-2-3-5-18(17)25-21)26-19-12-14(22)8-11-16(19)23/h2-12H,1H3,(H,24,26)(H,25,27). The molecule has 0 atom stereocenters. The van der Waals surface area contributed by atoms with Gasteiger partial charge in [0.15, 0.2) is 11.6 Å². The summed E-state index contributed by atoms with van der Waals surface area (Å²) >= 11 is 12.3. The quantitative estimate of drug-likeness (QED) is 0.395. The van der Waals surface area contributed by atoms with Crippen LogP contribution in [-0.4, -0.2) is 18.4 Å². The van der Waals surface area contributed by atoms with E-state index in [0.29, 0.717) is 26.8 Å². The molecule has 1 heterocycles. The van der Waals surface area contributed by atoms with Crippen molar-refractivity contribution in [2.75, 3.05) is 10.0 Å². The van der Waals surface area contributed by atoms with Gasteiger partial charge in [-0.05, 0) is 49.4 Å². The molecule has 6 nitrogen and oxygen atoms in total. The third-order valence-corrected chi connectivity index (χ3v) is 6.23. The van der Waals surface area contributed by atoms with Gasteiger partial charge < -0.3 is 5.32 Å². The summed E-state index contributed by atoms with van der Waals surface area (Å²) in [5, 5.41) is 3.91. The van der Waals surface area contributed by atoms with Gasteiger partial charge in [0.05, 0.1) is 26.6 Å². The molecule has 2 N–H and O–H groups in total. The number of aromatic nitrogens is 2. The zero-order valence-electron chi connectivity index (χ0n) is 15.7. The first-order valence-electron chi connectivity index (χ1n) is 8.90. The van der Waals surface area contributed by atoms with E-state index >= 15 is 0 Å². The van der Waals surface area contributed by atoms with Crippen LogP contribution in [0.3, 0.4) is 0 Å². The van der Waals surface area contributed by atoms with Crippen LogP contribution in [-0.2, 0) is 10.0 Å². The van der Waals surface area contributed by atoms with Gasteiger partial charge >= 0.3 is 0 Å². The van der Waals surface area contributed by atoms with Crippen molar-refractivity contribution >= 4 is 61.6 Å².